The van der Waals surface area contributed by atoms with Crippen LogP contribution < -0.4 is 16.4 Å². The Kier molecular flexibility index (Phi) is 3.41. The Balaban J connectivity index is 1.65. The SMILES string of the molecule is CCNc1cc(NCC2Cc3ccccc32)nc(N)n1. The molecule has 0 fully saturated rings. The summed E-state index contributed by atoms with van der Waals surface area (Å²) in [7, 11) is 0. The van der Waals surface area contributed by atoms with E-state index >= 15 is 0 Å². The van der Waals surface area contributed by atoms with Crippen LogP contribution >= 0.6 is 0 Å². The predicted molar refractivity (Wildman–Crippen MR) is 82.0 cm³/mol. The molecule has 20 heavy (non-hydrogen) atoms. The smallest absolute Gasteiger partial charge is 0.223 e. The van der Waals surface area contributed by atoms with E-state index in [2.05, 4.69) is 44.9 Å². The van der Waals surface area contributed by atoms with Crippen molar-refractivity contribution in [3.63, 3.8) is 0 Å². The van der Waals surface area contributed by atoms with Crippen LogP contribution in [-0.4, -0.2) is 23.1 Å². The van der Waals surface area contributed by atoms with Crippen LogP contribution in [0.1, 0.15) is 24.0 Å². The Morgan fingerprint density at radius 3 is 2.70 bits per heavy atom. The van der Waals surface area contributed by atoms with Crippen LogP contribution in [0.5, 0.6) is 0 Å². The van der Waals surface area contributed by atoms with Gasteiger partial charge >= 0.3 is 0 Å². The third-order valence-electron chi connectivity index (χ3n) is 3.59. The van der Waals surface area contributed by atoms with E-state index < -0.39 is 0 Å². The molecule has 0 bridgehead atoms. The number of nitrogens with two attached hydrogens (primary N) is 1. The molecule has 3 rings (SSSR count). The molecule has 0 radical (unpaired) electrons. The van der Waals surface area contributed by atoms with Crippen LogP contribution in [0.15, 0.2) is 30.3 Å². The van der Waals surface area contributed by atoms with Crippen LogP contribution in [0.25, 0.3) is 0 Å². The van der Waals surface area contributed by atoms with E-state index in [1.165, 1.54) is 11.1 Å². The fraction of sp³-hybridized carbons (Fsp3) is 0.333. The summed E-state index contributed by atoms with van der Waals surface area (Å²) in [6.07, 6.45) is 1.13. The summed E-state index contributed by atoms with van der Waals surface area (Å²) in [5.41, 5.74) is 8.61. The van der Waals surface area contributed by atoms with Crippen molar-refractivity contribution < 1.29 is 0 Å². The molecule has 0 amide bonds. The highest BCUT2D eigenvalue weighted by atomic mass is 15.1. The molecule has 1 aliphatic rings. The number of hydrogen-bond acceptors (Lipinski definition) is 5. The van der Waals surface area contributed by atoms with Crippen molar-refractivity contribution in [2.45, 2.75) is 19.3 Å². The maximum atomic E-state index is 5.72. The first-order valence-electron chi connectivity index (χ1n) is 6.96. The average molecular weight is 269 g/mol. The van der Waals surface area contributed by atoms with E-state index in [0.29, 0.717) is 11.9 Å². The number of aromatic nitrogens is 2. The monoisotopic (exact) mass is 269 g/mol. The molecule has 5 heteroatoms. The second-order valence-corrected chi connectivity index (χ2v) is 5.01. The summed E-state index contributed by atoms with van der Waals surface area (Å²) >= 11 is 0. The zero-order chi connectivity index (χ0) is 13.9. The molecule has 0 aliphatic heterocycles. The third-order valence-corrected chi connectivity index (χ3v) is 3.59. The number of nitrogens with one attached hydrogen (secondary N) is 2. The van der Waals surface area contributed by atoms with Crippen molar-refractivity contribution in [3.05, 3.63) is 41.5 Å². The van der Waals surface area contributed by atoms with Gasteiger partial charge in [-0.3, -0.25) is 0 Å². The number of anilines is 3. The van der Waals surface area contributed by atoms with Gasteiger partial charge in [-0.2, -0.15) is 9.97 Å². The summed E-state index contributed by atoms with van der Waals surface area (Å²) in [6, 6.07) is 10.5. The number of rotatable bonds is 5. The minimum atomic E-state index is 0.292. The molecule has 1 heterocycles. The lowest BCUT2D eigenvalue weighted by Gasteiger charge is -2.30. The van der Waals surface area contributed by atoms with Crippen LogP contribution in [-0.2, 0) is 6.42 Å². The summed E-state index contributed by atoms with van der Waals surface area (Å²) in [4.78, 5) is 8.35. The van der Waals surface area contributed by atoms with Gasteiger partial charge < -0.3 is 16.4 Å². The summed E-state index contributed by atoms with van der Waals surface area (Å²) in [5, 5.41) is 6.50. The number of nitrogens with zero attached hydrogens (tertiary/aromatic N) is 2. The quantitative estimate of drug-likeness (QED) is 0.776. The minimum Gasteiger partial charge on any atom is -0.370 e. The molecule has 0 saturated carbocycles. The number of fused-ring (bicyclic) bond motifs is 1. The molecular weight excluding hydrogens is 250 g/mol. The molecule has 2 aromatic rings. The second kappa shape index (κ2) is 5.36. The fourth-order valence-corrected chi connectivity index (χ4v) is 2.60. The summed E-state index contributed by atoms with van der Waals surface area (Å²) in [6.45, 7) is 3.71. The molecule has 1 aliphatic carbocycles. The molecule has 0 spiro atoms. The first-order chi connectivity index (χ1) is 9.76. The van der Waals surface area contributed by atoms with Gasteiger partial charge in [-0.15, -0.1) is 0 Å². The molecular formula is C15H19N5. The summed E-state index contributed by atoms with van der Waals surface area (Å²) in [5.74, 6) is 2.39. The lowest BCUT2D eigenvalue weighted by Crippen LogP contribution is -2.24. The Morgan fingerprint density at radius 2 is 1.95 bits per heavy atom. The van der Waals surface area contributed by atoms with E-state index in [0.717, 1.165) is 31.1 Å². The van der Waals surface area contributed by atoms with Crippen molar-refractivity contribution in [1.29, 1.82) is 0 Å². The van der Waals surface area contributed by atoms with Crippen LogP contribution in [0.3, 0.4) is 0 Å². The normalized spacial score (nSPS) is 16.1. The van der Waals surface area contributed by atoms with Gasteiger partial charge in [0, 0.05) is 25.1 Å². The van der Waals surface area contributed by atoms with Gasteiger partial charge in [-0.1, -0.05) is 24.3 Å². The minimum absolute atomic E-state index is 0.292. The van der Waals surface area contributed by atoms with Gasteiger partial charge in [0.1, 0.15) is 11.6 Å². The lowest BCUT2D eigenvalue weighted by molar-refractivity contribution is 0.634. The Labute approximate surface area is 118 Å². The van der Waals surface area contributed by atoms with Gasteiger partial charge in [0.2, 0.25) is 5.95 Å². The molecule has 0 saturated heterocycles. The second-order valence-electron chi connectivity index (χ2n) is 5.01. The van der Waals surface area contributed by atoms with Crippen molar-refractivity contribution in [2.75, 3.05) is 29.5 Å². The first-order valence-corrected chi connectivity index (χ1v) is 6.96. The first kappa shape index (κ1) is 12.7. The maximum Gasteiger partial charge on any atom is 0.223 e. The Hall–Kier alpha value is -2.30. The number of benzene rings is 1. The number of hydrogen-bond donors (Lipinski definition) is 3. The highest BCUT2D eigenvalue weighted by Gasteiger charge is 2.24. The Morgan fingerprint density at radius 1 is 1.20 bits per heavy atom. The zero-order valence-electron chi connectivity index (χ0n) is 11.6. The standard InChI is InChI=1S/C15H19N5/c1-2-17-13-8-14(20-15(16)19-13)18-9-11-7-10-5-3-4-6-12(10)11/h3-6,8,11H,2,7,9H2,1H3,(H4,16,17,18,19,20). The van der Waals surface area contributed by atoms with E-state index in [-0.39, 0.29) is 0 Å². The fourth-order valence-electron chi connectivity index (χ4n) is 2.60. The highest BCUT2D eigenvalue weighted by Crippen LogP contribution is 2.34. The Bertz CT molecular complexity index is 611. The van der Waals surface area contributed by atoms with Gasteiger partial charge in [0.05, 0.1) is 0 Å². The van der Waals surface area contributed by atoms with Crippen LogP contribution in [0.4, 0.5) is 17.6 Å². The van der Waals surface area contributed by atoms with E-state index in [9.17, 15) is 0 Å². The van der Waals surface area contributed by atoms with Crippen molar-refractivity contribution >= 4 is 17.6 Å². The average Bonchev–Trinajstić information content (AvgIpc) is 2.39. The van der Waals surface area contributed by atoms with E-state index in [4.69, 9.17) is 5.73 Å². The van der Waals surface area contributed by atoms with Gasteiger partial charge in [-0.25, -0.2) is 0 Å². The lowest BCUT2D eigenvalue weighted by atomic mass is 9.77. The van der Waals surface area contributed by atoms with Crippen molar-refractivity contribution in [1.82, 2.24) is 9.97 Å². The molecule has 1 atom stereocenters. The molecule has 1 aromatic heterocycles. The molecule has 1 unspecified atom stereocenters. The van der Waals surface area contributed by atoms with Crippen LogP contribution in [0.2, 0.25) is 0 Å². The topological polar surface area (TPSA) is 75.9 Å². The van der Waals surface area contributed by atoms with Crippen molar-refractivity contribution in [2.24, 2.45) is 0 Å². The third kappa shape index (κ3) is 2.52. The van der Waals surface area contributed by atoms with E-state index in [1.807, 2.05) is 13.0 Å². The number of nitrogen functional groups attached to an aromatic ring is 1. The van der Waals surface area contributed by atoms with Crippen LogP contribution in [0, 0.1) is 0 Å². The van der Waals surface area contributed by atoms with Crippen molar-refractivity contribution in [3.8, 4) is 0 Å². The maximum absolute atomic E-state index is 5.72. The molecule has 1 aromatic carbocycles. The largest absolute Gasteiger partial charge is 0.370 e. The molecule has 4 N–H and O–H groups in total. The van der Waals surface area contributed by atoms with E-state index in [1.54, 1.807) is 0 Å². The van der Waals surface area contributed by atoms with Gasteiger partial charge in [0.15, 0.2) is 0 Å². The van der Waals surface area contributed by atoms with Gasteiger partial charge in [0.25, 0.3) is 0 Å². The molecule has 5 nitrogen and oxygen atoms in total. The highest BCUT2D eigenvalue weighted by molar-refractivity contribution is 5.51. The summed E-state index contributed by atoms with van der Waals surface area (Å²) < 4.78 is 0. The predicted octanol–water partition coefficient (Wildman–Crippen LogP) is 2.24. The van der Waals surface area contributed by atoms with Gasteiger partial charge in [-0.05, 0) is 24.5 Å². The zero-order valence-corrected chi connectivity index (χ0v) is 11.6. The molecule has 104 valence electrons.